The van der Waals surface area contributed by atoms with E-state index in [1.54, 1.807) is 6.92 Å². The van der Waals surface area contributed by atoms with Crippen molar-refractivity contribution in [3.05, 3.63) is 0 Å². The molecular formula is C9H19N5O2S2. The highest BCUT2D eigenvalue weighted by molar-refractivity contribution is 7.91. The van der Waals surface area contributed by atoms with Crippen LogP contribution < -0.4 is 5.73 Å². The van der Waals surface area contributed by atoms with Crippen molar-refractivity contribution in [1.82, 2.24) is 19.4 Å². The number of sulfonamides is 1. The van der Waals surface area contributed by atoms with Crippen molar-refractivity contribution in [3.63, 3.8) is 0 Å². The Balaban J connectivity index is 2.74. The number of aromatic nitrogens is 2. The highest BCUT2D eigenvalue weighted by atomic mass is 32.2. The summed E-state index contributed by atoms with van der Waals surface area (Å²) in [5.74, 6) is 0. The van der Waals surface area contributed by atoms with Gasteiger partial charge in [-0.2, -0.15) is 4.31 Å². The van der Waals surface area contributed by atoms with Gasteiger partial charge in [0, 0.05) is 13.1 Å². The highest BCUT2D eigenvalue weighted by Crippen LogP contribution is 2.21. The fourth-order valence-corrected chi connectivity index (χ4v) is 3.86. The molecule has 0 saturated carbocycles. The van der Waals surface area contributed by atoms with Gasteiger partial charge in [-0.3, -0.25) is 0 Å². The van der Waals surface area contributed by atoms with Crippen molar-refractivity contribution in [2.24, 2.45) is 0 Å². The van der Waals surface area contributed by atoms with Gasteiger partial charge in [0.05, 0.1) is 0 Å². The summed E-state index contributed by atoms with van der Waals surface area (Å²) in [5.41, 5.74) is 5.41. The van der Waals surface area contributed by atoms with Gasteiger partial charge in [-0.1, -0.05) is 18.3 Å². The SMILES string of the molecule is CCN(CCCN(C)C)S(=O)(=O)c1nnc(N)s1. The molecule has 0 saturated heterocycles. The summed E-state index contributed by atoms with van der Waals surface area (Å²) in [5, 5.41) is 7.31. The predicted octanol–water partition coefficient (Wildman–Crippen LogP) is 0.0826. The third-order valence-corrected chi connectivity index (χ3v) is 5.42. The van der Waals surface area contributed by atoms with E-state index in [-0.39, 0.29) is 9.47 Å². The van der Waals surface area contributed by atoms with Crippen LogP contribution in [0.25, 0.3) is 0 Å². The van der Waals surface area contributed by atoms with Crippen molar-refractivity contribution >= 4 is 26.5 Å². The smallest absolute Gasteiger partial charge is 0.272 e. The van der Waals surface area contributed by atoms with E-state index in [4.69, 9.17) is 5.73 Å². The Bertz CT molecular complexity index is 471. The third-order valence-electron chi connectivity index (χ3n) is 2.35. The molecule has 18 heavy (non-hydrogen) atoms. The lowest BCUT2D eigenvalue weighted by Crippen LogP contribution is -2.33. The van der Waals surface area contributed by atoms with E-state index in [1.807, 2.05) is 19.0 Å². The summed E-state index contributed by atoms with van der Waals surface area (Å²) in [6.45, 7) is 3.52. The van der Waals surface area contributed by atoms with Crippen LogP contribution in [0.3, 0.4) is 0 Å². The molecule has 0 unspecified atom stereocenters. The van der Waals surface area contributed by atoms with Crippen LogP contribution in [-0.4, -0.2) is 61.5 Å². The molecule has 0 aromatic carbocycles. The fraction of sp³-hybridized carbons (Fsp3) is 0.778. The molecule has 0 fully saturated rings. The topological polar surface area (TPSA) is 92.4 Å². The Kier molecular flexibility index (Phi) is 5.45. The summed E-state index contributed by atoms with van der Waals surface area (Å²) in [7, 11) is 0.361. The Morgan fingerprint density at radius 3 is 2.39 bits per heavy atom. The summed E-state index contributed by atoms with van der Waals surface area (Å²) in [4.78, 5) is 2.02. The number of nitrogens with zero attached hydrogens (tertiary/aromatic N) is 4. The summed E-state index contributed by atoms with van der Waals surface area (Å²) < 4.78 is 25.8. The van der Waals surface area contributed by atoms with E-state index < -0.39 is 10.0 Å². The molecule has 1 rings (SSSR count). The predicted molar refractivity (Wildman–Crippen MR) is 71.9 cm³/mol. The number of nitrogens with two attached hydrogens (primary N) is 1. The van der Waals surface area contributed by atoms with Gasteiger partial charge in [-0.05, 0) is 27.1 Å². The first-order valence-corrected chi connectivity index (χ1v) is 7.87. The van der Waals surface area contributed by atoms with E-state index in [2.05, 4.69) is 10.2 Å². The number of anilines is 1. The molecule has 0 radical (unpaired) electrons. The largest absolute Gasteiger partial charge is 0.374 e. The van der Waals surface area contributed by atoms with Gasteiger partial charge in [0.15, 0.2) is 0 Å². The maximum absolute atomic E-state index is 12.2. The minimum absolute atomic E-state index is 0.0355. The molecular weight excluding hydrogens is 274 g/mol. The average molecular weight is 293 g/mol. The maximum atomic E-state index is 12.2. The monoisotopic (exact) mass is 293 g/mol. The highest BCUT2D eigenvalue weighted by Gasteiger charge is 2.26. The van der Waals surface area contributed by atoms with Crippen LogP contribution in [0.5, 0.6) is 0 Å². The Labute approximate surface area is 112 Å². The quantitative estimate of drug-likeness (QED) is 0.765. The molecule has 0 aliphatic heterocycles. The molecule has 1 heterocycles. The van der Waals surface area contributed by atoms with Crippen LogP contribution in [0, 0.1) is 0 Å². The first-order valence-electron chi connectivity index (χ1n) is 5.61. The van der Waals surface area contributed by atoms with Crippen LogP contribution in [-0.2, 0) is 10.0 Å². The lowest BCUT2D eigenvalue weighted by Gasteiger charge is -2.19. The van der Waals surface area contributed by atoms with Crippen LogP contribution >= 0.6 is 11.3 Å². The van der Waals surface area contributed by atoms with E-state index >= 15 is 0 Å². The van der Waals surface area contributed by atoms with Gasteiger partial charge in [0.25, 0.3) is 10.0 Å². The number of rotatable bonds is 7. The molecule has 0 bridgehead atoms. The molecule has 0 spiro atoms. The van der Waals surface area contributed by atoms with Gasteiger partial charge >= 0.3 is 0 Å². The standard InChI is InChI=1S/C9H19N5O2S2/c1-4-14(7-5-6-13(2)3)18(15,16)9-12-11-8(10)17-9/h4-7H2,1-3H3,(H2,10,11). The molecule has 0 aliphatic carbocycles. The molecule has 7 nitrogen and oxygen atoms in total. The lowest BCUT2D eigenvalue weighted by molar-refractivity contribution is 0.356. The van der Waals surface area contributed by atoms with E-state index in [0.29, 0.717) is 13.1 Å². The van der Waals surface area contributed by atoms with Crippen LogP contribution in [0.4, 0.5) is 5.13 Å². The summed E-state index contributed by atoms with van der Waals surface area (Å²) >= 11 is 0.894. The zero-order valence-corrected chi connectivity index (χ0v) is 12.5. The zero-order chi connectivity index (χ0) is 13.8. The molecule has 0 amide bonds. The molecule has 1 aromatic heterocycles. The minimum Gasteiger partial charge on any atom is -0.374 e. The van der Waals surface area contributed by atoms with Gasteiger partial charge in [-0.15, -0.1) is 10.2 Å². The normalized spacial score (nSPS) is 12.5. The molecule has 1 aromatic rings. The number of hydrogen-bond acceptors (Lipinski definition) is 7. The molecule has 0 atom stereocenters. The number of hydrogen-bond donors (Lipinski definition) is 1. The Morgan fingerprint density at radius 1 is 1.28 bits per heavy atom. The minimum atomic E-state index is -3.55. The van der Waals surface area contributed by atoms with Crippen molar-refractivity contribution in [2.75, 3.05) is 39.5 Å². The average Bonchev–Trinajstić information content (AvgIpc) is 2.71. The van der Waals surface area contributed by atoms with Crippen LogP contribution in [0.1, 0.15) is 13.3 Å². The number of nitrogen functional groups attached to an aromatic ring is 1. The Hall–Kier alpha value is -0.770. The second-order valence-corrected chi connectivity index (χ2v) is 7.18. The second-order valence-electron chi connectivity index (χ2n) is 4.06. The molecule has 104 valence electrons. The molecule has 9 heteroatoms. The summed E-state index contributed by atoms with van der Waals surface area (Å²) in [6, 6.07) is 0. The molecule has 0 aliphatic rings. The van der Waals surface area contributed by atoms with Gasteiger partial charge in [0.1, 0.15) is 0 Å². The Morgan fingerprint density at radius 2 is 1.94 bits per heavy atom. The van der Waals surface area contributed by atoms with E-state index in [9.17, 15) is 8.42 Å². The lowest BCUT2D eigenvalue weighted by atomic mass is 10.4. The van der Waals surface area contributed by atoms with E-state index in [0.717, 1.165) is 24.3 Å². The van der Waals surface area contributed by atoms with Crippen molar-refractivity contribution < 1.29 is 8.42 Å². The maximum Gasteiger partial charge on any atom is 0.272 e. The first kappa shape index (κ1) is 15.3. The zero-order valence-electron chi connectivity index (χ0n) is 10.8. The van der Waals surface area contributed by atoms with Crippen molar-refractivity contribution in [2.45, 2.75) is 17.7 Å². The molecule has 2 N–H and O–H groups in total. The van der Waals surface area contributed by atoms with Gasteiger partial charge in [-0.25, -0.2) is 8.42 Å². The van der Waals surface area contributed by atoms with Crippen LogP contribution in [0.2, 0.25) is 0 Å². The van der Waals surface area contributed by atoms with E-state index in [1.165, 1.54) is 4.31 Å². The van der Waals surface area contributed by atoms with Gasteiger partial charge in [0.2, 0.25) is 9.47 Å². The van der Waals surface area contributed by atoms with Crippen molar-refractivity contribution in [1.29, 1.82) is 0 Å². The van der Waals surface area contributed by atoms with Crippen molar-refractivity contribution in [3.8, 4) is 0 Å². The fourth-order valence-electron chi connectivity index (χ4n) is 1.45. The first-order chi connectivity index (χ1) is 8.37. The van der Waals surface area contributed by atoms with Gasteiger partial charge < -0.3 is 10.6 Å². The second kappa shape index (κ2) is 6.41. The van der Waals surface area contributed by atoms with Crippen LogP contribution in [0.15, 0.2) is 4.34 Å². The summed E-state index contributed by atoms with van der Waals surface area (Å²) in [6.07, 6.45) is 0.772. The third kappa shape index (κ3) is 3.87.